The van der Waals surface area contributed by atoms with Crippen LogP contribution in [0.4, 0.5) is 0 Å². The summed E-state index contributed by atoms with van der Waals surface area (Å²) in [6.07, 6.45) is 4.17. The molecule has 0 aliphatic heterocycles. The number of aliphatic carboxylic acids is 1. The maximum Gasteiger partial charge on any atom is 0.305 e. The number of hydrogen-bond acceptors (Lipinski definition) is 4. The first-order chi connectivity index (χ1) is 20.7. The predicted molar refractivity (Wildman–Crippen MR) is 172 cm³/mol. The minimum Gasteiger partial charge on any atom is -0.508 e. The smallest absolute Gasteiger partial charge is 0.305 e. The largest absolute Gasteiger partial charge is 0.508 e. The maximum atomic E-state index is 12.3. The molecule has 9 heteroatoms. The molecule has 222 valence electrons. The Bertz CT molecular complexity index is 1640. The van der Waals surface area contributed by atoms with E-state index in [4.69, 9.17) is 33.4 Å². The average Bonchev–Trinajstić information content (AvgIpc) is 3.42. The van der Waals surface area contributed by atoms with Gasteiger partial charge in [0.1, 0.15) is 5.75 Å². The topological polar surface area (TPSA) is 104 Å². The number of aromatic nitrogens is 2. The Morgan fingerprint density at radius 2 is 1.67 bits per heavy atom. The summed E-state index contributed by atoms with van der Waals surface area (Å²) < 4.78 is 1.91. The molecule has 1 atom stereocenters. The third kappa shape index (κ3) is 8.37. The Kier molecular flexibility index (Phi) is 10.8. The van der Waals surface area contributed by atoms with Crippen LogP contribution in [-0.4, -0.2) is 43.8 Å². The van der Waals surface area contributed by atoms with E-state index in [1.165, 1.54) is 0 Å². The number of hydrogen-bond donors (Lipinski definition) is 3. The number of carbonyl (C=O) groups is 2. The second-order valence-electron chi connectivity index (χ2n) is 9.74. The van der Waals surface area contributed by atoms with Gasteiger partial charge in [0.25, 0.3) is 5.91 Å². The van der Waals surface area contributed by atoms with E-state index < -0.39 is 5.97 Å². The number of amides is 1. The van der Waals surface area contributed by atoms with Crippen LogP contribution in [0.25, 0.3) is 28.0 Å². The monoisotopic (exact) mass is 617 g/mol. The number of nitrogens with one attached hydrogen (secondary N) is 1. The molecule has 43 heavy (non-hydrogen) atoms. The van der Waals surface area contributed by atoms with Crippen molar-refractivity contribution in [2.45, 2.75) is 38.6 Å². The van der Waals surface area contributed by atoms with Crippen LogP contribution >= 0.6 is 23.2 Å². The number of benzene rings is 3. The molecule has 0 spiro atoms. The lowest BCUT2D eigenvalue weighted by atomic mass is 10.00. The van der Waals surface area contributed by atoms with E-state index >= 15 is 0 Å². The van der Waals surface area contributed by atoms with Crippen molar-refractivity contribution < 1.29 is 19.8 Å². The number of halogens is 2. The molecule has 1 unspecified atom stereocenters. The summed E-state index contributed by atoms with van der Waals surface area (Å²) in [6, 6.07) is 24.4. The summed E-state index contributed by atoms with van der Waals surface area (Å²) >= 11 is 12.7. The lowest BCUT2D eigenvalue weighted by Gasteiger charge is -2.13. The van der Waals surface area contributed by atoms with Crippen molar-refractivity contribution in [1.29, 1.82) is 0 Å². The number of nitrogens with zero attached hydrogens (tertiary/aromatic N) is 2. The number of carboxylic acids is 1. The molecule has 1 amide bonds. The van der Waals surface area contributed by atoms with Crippen LogP contribution in [-0.2, 0) is 11.3 Å². The zero-order valence-corrected chi connectivity index (χ0v) is 25.4. The fraction of sp³-hybridized carbons (Fsp3) is 0.206. The van der Waals surface area contributed by atoms with Gasteiger partial charge in [-0.2, -0.15) is 5.10 Å². The first-order valence-electron chi connectivity index (χ1n) is 14.0. The quantitative estimate of drug-likeness (QED) is 0.167. The minimum absolute atomic E-state index is 0.0672. The Balaban J connectivity index is 0.00000207. The number of phenols is 1. The number of rotatable bonds is 9. The SMILES string of the molecule is CC.O=C(O)CCNC(=O)c1ccc(Cn2nc(C3=CC(Cl)=CC(Cl)C3)cc2-c2ccc(-c3cccc(O)c3)cc2)cc1. The van der Waals surface area contributed by atoms with Crippen LogP contribution in [0.5, 0.6) is 5.75 Å². The van der Waals surface area contributed by atoms with Gasteiger partial charge in [-0.25, -0.2) is 0 Å². The molecule has 0 saturated carbocycles. The van der Waals surface area contributed by atoms with E-state index in [1.807, 2.05) is 85.3 Å². The highest BCUT2D eigenvalue weighted by atomic mass is 35.5. The lowest BCUT2D eigenvalue weighted by Crippen LogP contribution is -2.25. The molecule has 1 aromatic heterocycles. The highest BCUT2D eigenvalue weighted by Gasteiger charge is 2.19. The molecule has 0 bridgehead atoms. The first-order valence-corrected chi connectivity index (χ1v) is 14.9. The fourth-order valence-electron chi connectivity index (χ4n) is 4.66. The summed E-state index contributed by atoms with van der Waals surface area (Å²) in [5.74, 6) is -1.08. The van der Waals surface area contributed by atoms with Crippen molar-refractivity contribution in [1.82, 2.24) is 15.1 Å². The van der Waals surface area contributed by atoms with E-state index in [1.54, 1.807) is 24.3 Å². The van der Waals surface area contributed by atoms with Gasteiger partial charge in [-0.3, -0.25) is 14.3 Å². The van der Waals surface area contributed by atoms with E-state index in [2.05, 4.69) is 5.32 Å². The van der Waals surface area contributed by atoms with Crippen LogP contribution < -0.4 is 5.32 Å². The molecular formula is C34H33Cl2N3O4. The Hall–Kier alpha value is -4.33. The Morgan fingerprint density at radius 1 is 0.977 bits per heavy atom. The molecule has 0 radical (unpaired) electrons. The highest BCUT2D eigenvalue weighted by Crippen LogP contribution is 2.33. The van der Waals surface area contributed by atoms with Gasteiger partial charge < -0.3 is 15.5 Å². The summed E-state index contributed by atoms with van der Waals surface area (Å²) in [7, 11) is 0. The van der Waals surface area contributed by atoms with Crippen molar-refractivity contribution >= 4 is 40.7 Å². The molecular weight excluding hydrogens is 585 g/mol. The van der Waals surface area contributed by atoms with Gasteiger partial charge in [0, 0.05) is 17.1 Å². The number of allylic oxidation sites excluding steroid dienone is 4. The zero-order chi connectivity index (χ0) is 30.9. The average molecular weight is 619 g/mol. The van der Waals surface area contributed by atoms with Crippen LogP contribution in [0.1, 0.15) is 48.3 Å². The van der Waals surface area contributed by atoms with Gasteiger partial charge in [0.15, 0.2) is 0 Å². The second kappa shape index (κ2) is 14.7. The molecule has 0 fully saturated rings. The number of aromatic hydroxyl groups is 1. The zero-order valence-electron chi connectivity index (χ0n) is 23.9. The van der Waals surface area contributed by atoms with Crippen LogP contribution in [0.15, 0.2) is 96.0 Å². The molecule has 0 saturated heterocycles. The van der Waals surface area contributed by atoms with Gasteiger partial charge in [-0.15, -0.1) is 11.6 Å². The molecule has 7 nitrogen and oxygen atoms in total. The van der Waals surface area contributed by atoms with Crippen molar-refractivity contribution in [2.24, 2.45) is 0 Å². The predicted octanol–water partition coefficient (Wildman–Crippen LogP) is 7.72. The van der Waals surface area contributed by atoms with Crippen LogP contribution in [0.3, 0.4) is 0 Å². The number of carboxylic acid groups (broad SMARTS) is 1. The van der Waals surface area contributed by atoms with E-state index in [9.17, 15) is 14.7 Å². The molecule has 1 heterocycles. The van der Waals surface area contributed by atoms with Gasteiger partial charge in [-0.1, -0.05) is 74.0 Å². The standard InChI is InChI=1S/C32H27Cl2N3O4.C2H6/c33-26-14-25(15-27(34)17-26)29-18-30(22-10-8-21(9-11-22)24-2-1-3-28(38)16-24)37(36-29)19-20-4-6-23(7-5-20)32(41)35-13-12-31(39)40;1-2/h1-11,14,16-18,27,38H,12-13,15,19H2,(H,35,41)(H,39,40);1-2H3. The van der Waals surface area contributed by atoms with Crippen molar-refractivity contribution in [3.05, 3.63) is 113 Å². The highest BCUT2D eigenvalue weighted by molar-refractivity contribution is 6.33. The van der Waals surface area contributed by atoms with Gasteiger partial charge in [0.2, 0.25) is 0 Å². The summed E-state index contributed by atoms with van der Waals surface area (Å²) in [4.78, 5) is 23.1. The Morgan fingerprint density at radius 3 is 2.33 bits per heavy atom. The van der Waals surface area contributed by atoms with E-state index in [0.717, 1.165) is 39.2 Å². The van der Waals surface area contributed by atoms with Crippen LogP contribution in [0, 0.1) is 0 Å². The lowest BCUT2D eigenvalue weighted by molar-refractivity contribution is -0.136. The van der Waals surface area contributed by atoms with E-state index in [0.29, 0.717) is 23.6 Å². The summed E-state index contributed by atoms with van der Waals surface area (Å²) in [6.45, 7) is 4.52. The molecule has 3 aromatic carbocycles. The van der Waals surface area contributed by atoms with Gasteiger partial charge in [-0.05, 0) is 76.7 Å². The van der Waals surface area contributed by atoms with E-state index in [-0.39, 0.29) is 30.0 Å². The minimum atomic E-state index is -0.965. The summed E-state index contributed by atoms with van der Waals surface area (Å²) in [5.41, 5.74) is 6.86. The third-order valence-corrected chi connectivity index (χ3v) is 7.22. The van der Waals surface area contributed by atoms with Crippen molar-refractivity contribution in [3.63, 3.8) is 0 Å². The summed E-state index contributed by atoms with van der Waals surface area (Å²) in [5, 5.41) is 26.5. The Labute approximate surface area is 261 Å². The fourth-order valence-corrected chi connectivity index (χ4v) is 5.31. The number of alkyl halides is 1. The molecule has 1 aliphatic rings. The number of phenolic OH excluding ortho intramolecular Hbond substituents is 1. The first kappa shape index (κ1) is 31.6. The molecule has 3 N–H and O–H groups in total. The van der Waals surface area contributed by atoms with Gasteiger partial charge >= 0.3 is 5.97 Å². The third-order valence-electron chi connectivity index (χ3n) is 6.71. The van der Waals surface area contributed by atoms with Crippen LogP contribution in [0.2, 0.25) is 0 Å². The molecule has 4 aromatic rings. The van der Waals surface area contributed by atoms with Crippen molar-refractivity contribution in [3.8, 4) is 28.1 Å². The maximum absolute atomic E-state index is 12.3. The number of carbonyl (C=O) groups excluding carboxylic acids is 1. The molecule has 1 aliphatic carbocycles. The molecule has 5 rings (SSSR count). The van der Waals surface area contributed by atoms with Gasteiger partial charge in [0.05, 0.1) is 29.7 Å². The van der Waals surface area contributed by atoms with Crippen molar-refractivity contribution in [2.75, 3.05) is 6.54 Å². The second-order valence-corrected chi connectivity index (χ2v) is 10.7. The normalized spacial score (nSPS) is 14.2.